The van der Waals surface area contributed by atoms with E-state index in [9.17, 15) is 14.0 Å². The van der Waals surface area contributed by atoms with E-state index >= 15 is 0 Å². The topological polar surface area (TPSA) is 53.9 Å². The van der Waals surface area contributed by atoms with Crippen molar-refractivity contribution in [1.29, 1.82) is 0 Å². The van der Waals surface area contributed by atoms with Gasteiger partial charge in [-0.3, -0.25) is 9.59 Å². The van der Waals surface area contributed by atoms with Gasteiger partial charge in [0.1, 0.15) is 5.82 Å². The fourth-order valence-electron chi connectivity index (χ4n) is 3.47. The number of carbonyl (C=O) groups is 2. The van der Waals surface area contributed by atoms with Gasteiger partial charge in [-0.1, -0.05) is 18.2 Å². The van der Waals surface area contributed by atoms with Crippen molar-refractivity contribution in [3.05, 3.63) is 42.2 Å². The summed E-state index contributed by atoms with van der Waals surface area (Å²) in [6.45, 7) is 3.26. The van der Waals surface area contributed by atoms with Crippen LogP contribution in [0.3, 0.4) is 0 Å². The van der Waals surface area contributed by atoms with Crippen molar-refractivity contribution in [2.24, 2.45) is 5.92 Å². The SMILES string of the molecule is O=C(C[NH+]1CCN(C(=O)C[C@@H]2C=CCC2)CC1)Nc1cccc(F)c1. The third-order valence-corrected chi connectivity index (χ3v) is 4.89. The van der Waals surface area contributed by atoms with E-state index in [1.807, 2.05) is 4.90 Å². The zero-order valence-electron chi connectivity index (χ0n) is 14.3. The maximum atomic E-state index is 13.1. The molecule has 1 aromatic rings. The fourth-order valence-corrected chi connectivity index (χ4v) is 3.47. The van der Waals surface area contributed by atoms with Gasteiger partial charge in [0.05, 0.1) is 26.2 Å². The Kier molecular flexibility index (Phi) is 5.81. The highest BCUT2D eigenvalue weighted by molar-refractivity contribution is 5.91. The van der Waals surface area contributed by atoms with Crippen molar-refractivity contribution in [1.82, 2.24) is 4.90 Å². The maximum absolute atomic E-state index is 13.1. The lowest BCUT2D eigenvalue weighted by molar-refractivity contribution is -0.895. The van der Waals surface area contributed by atoms with Crippen LogP contribution in [0, 0.1) is 11.7 Å². The van der Waals surface area contributed by atoms with Gasteiger partial charge in [-0.2, -0.15) is 0 Å². The van der Waals surface area contributed by atoms with Crippen molar-refractivity contribution in [2.75, 3.05) is 38.0 Å². The molecule has 0 radical (unpaired) electrons. The Morgan fingerprint density at radius 3 is 2.76 bits per heavy atom. The van der Waals surface area contributed by atoms with Crippen LogP contribution in [0.5, 0.6) is 0 Å². The van der Waals surface area contributed by atoms with Crippen molar-refractivity contribution in [3.8, 4) is 0 Å². The lowest BCUT2D eigenvalue weighted by atomic mass is 10.0. The minimum absolute atomic E-state index is 0.128. The fraction of sp³-hybridized carbons (Fsp3) is 0.474. The van der Waals surface area contributed by atoms with Gasteiger partial charge < -0.3 is 15.1 Å². The number of carbonyl (C=O) groups excluding carboxylic acids is 2. The van der Waals surface area contributed by atoms with E-state index in [0.717, 1.165) is 30.8 Å². The molecule has 1 aliphatic carbocycles. The summed E-state index contributed by atoms with van der Waals surface area (Å²) >= 11 is 0. The molecule has 1 heterocycles. The van der Waals surface area contributed by atoms with Gasteiger partial charge in [-0.25, -0.2) is 4.39 Å². The van der Waals surface area contributed by atoms with E-state index in [2.05, 4.69) is 17.5 Å². The number of nitrogens with one attached hydrogen (secondary N) is 2. The first-order chi connectivity index (χ1) is 12.1. The zero-order valence-corrected chi connectivity index (χ0v) is 14.3. The second-order valence-electron chi connectivity index (χ2n) is 6.84. The van der Waals surface area contributed by atoms with Crippen LogP contribution >= 0.6 is 0 Å². The summed E-state index contributed by atoms with van der Waals surface area (Å²) in [7, 11) is 0. The normalized spacial score (nSPS) is 20.7. The molecule has 1 saturated heterocycles. The quantitative estimate of drug-likeness (QED) is 0.777. The lowest BCUT2D eigenvalue weighted by Gasteiger charge is -2.32. The minimum Gasteiger partial charge on any atom is -0.331 e. The number of anilines is 1. The maximum Gasteiger partial charge on any atom is 0.279 e. The molecule has 1 fully saturated rings. The molecule has 1 atom stereocenters. The average molecular weight is 346 g/mol. The van der Waals surface area contributed by atoms with Gasteiger partial charge >= 0.3 is 0 Å². The Bertz CT molecular complexity index is 654. The third-order valence-electron chi connectivity index (χ3n) is 4.89. The van der Waals surface area contributed by atoms with Crippen LogP contribution in [0.4, 0.5) is 10.1 Å². The highest BCUT2D eigenvalue weighted by Crippen LogP contribution is 2.21. The molecule has 0 saturated carbocycles. The van der Waals surface area contributed by atoms with Crippen LogP contribution in [-0.4, -0.2) is 49.4 Å². The number of hydrogen-bond donors (Lipinski definition) is 2. The van der Waals surface area contributed by atoms with Crippen molar-refractivity contribution in [3.63, 3.8) is 0 Å². The summed E-state index contributed by atoms with van der Waals surface area (Å²) < 4.78 is 13.1. The Morgan fingerprint density at radius 2 is 2.08 bits per heavy atom. The molecular weight excluding hydrogens is 321 g/mol. The molecule has 3 rings (SSSR count). The molecule has 0 unspecified atom stereocenters. The molecule has 1 aliphatic heterocycles. The number of quaternary nitrogens is 1. The van der Waals surface area contributed by atoms with E-state index in [-0.39, 0.29) is 17.6 Å². The first-order valence-corrected chi connectivity index (χ1v) is 8.93. The molecule has 0 bridgehead atoms. The van der Waals surface area contributed by atoms with Crippen LogP contribution in [0.15, 0.2) is 36.4 Å². The Balaban J connectivity index is 1.40. The van der Waals surface area contributed by atoms with Gasteiger partial charge in [-0.15, -0.1) is 0 Å². The van der Waals surface area contributed by atoms with E-state index < -0.39 is 0 Å². The van der Waals surface area contributed by atoms with Crippen molar-refractivity contribution < 1.29 is 18.9 Å². The van der Waals surface area contributed by atoms with E-state index in [1.165, 1.54) is 12.1 Å². The van der Waals surface area contributed by atoms with Crippen LogP contribution in [0.25, 0.3) is 0 Å². The largest absolute Gasteiger partial charge is 0.331 e. The molecule has 2 amide bonds. The number of rotatable bonds is 5. The van der Waals surface area contributed by atoms with Gasteiger partial charge in [0.2, 0.25) is 5.91 Å². The molecule has 5 nitrogen and oxygen atoms in total. The van der Waals surface area contributed by atoms with E-state index in [1.54, 1.807) is 12.1 Å². The lowest BCUT2D eigenvalue weighted by Crippen LogP contribution is -3.15. The molecule has 25 heavy (non-hydrogen) atoms. The number of allylic oxidation sites excluding steroid dienone is 2. The van der Waals surface area contributed by atoms with Gasteiger partial charge in [0.25, 0.3) is 5.91 Å². The number of benzene rings is 1. The summed E-state index contributed by atoms with van der Waals surface area (Å²) in [5, 5.41) is 2.72. The van der Waals surface area contributed by atoms with E-state index in [4.69, 9.17) is 0 Å². The van der Waals surface area contributed by atoms with Crippen LogP contribution in [0.1, 0.15) is 19.3 Å². The molecule has 6 heteroatoms. The van der Waals surface area contributed by atoms with Gasteiger partial charge in [0.15, 0.2) is 6.54 Å². The summed E-state index contributed by atoms with van der Waals surface area (Å²) in [5.74, 6) is 0.126. The van der Waals surface area contributed by atoms with Crippen molar-refractivity contribution in [2.45, 2.75) is 19.3 Å². The molecular formula is C19H25FN3O2+. The van der Waals surface area contributed by atoms with Crippen molar-refractivity contribution >= 4 is 17.5 Å². The number of amides is 2. The molecule has 1 aromatic carbocycles. The zero-order chi connectivity index (χ0) is 17.6. The number of nitrogens with zero attached hydrogens (tertiary/aromatic N) is 1. The number of piperazine rings is 1. The second-order valence-corrected chi connectivity index (χ2v) is 6.84. The number of hydrogen-bond acceptors (Lipinski definition) is 2. The summed E-state index contributed by atoms with van der Waals surface area (Å²) in [6.07, 6.45) is 7.06. The highest BCUT2D eigenvalue weighted by atomic mass is 19.1. The van der Waals surface area contributed by atoms with Crippen LogP contribution in [-0.2, 0) is 9.59 Å². The summed E-state index contributed by atoms with van der Waals surface area (Å²) in [6, 6.07) is 5.89. The van der Waals surface area contributed by atoms with Gasteiger partial charge in [-0.05, 0) is 37.0 Å². The van der Waals surface area contributed by atoms with Gasteiger partial charge in [0, 0.05) is 12.1 Å². The Hall–Kier alpha value is -2.21. The molecule has 134 valence electrons. The first-order valence-electron chi connectivity index (χ1n) is 8.93. The second kappa shape index (κ2) is 8.25. The smallest absolute Gasteiger partial charge is 0.279 e. The third kappa shape index (κ3) is 5.13. The standard InChI is InChI=1S/C19H24FN3O2/c20-16-6-3-7-17(13-16)21-18(24)14-22-8-10-23(11-9-22)19(25)12-15-4-1-2-5-15/h1,3-4,6-7,13,15H,2,5,8-12,14H2,(H,21,24)/p+1/t15-/m1/s1. The van der Waals surface area contributed by atoms with E-state index in [0.29, 0.717) is 37.7 Å². The highest BCUT2D eigenvalue weighted by Gasteiger charge is 2.26. The minimum atomic E-state index is -0.366. The molecule has 0 aromatic heterocycles. The predicted molar refractivity (Wildman–Crippen MR) is 93.7 cm³/mol. The van der Waals surface area contributed by atoms with Crippen LogP contribution in [0.2, 0.25) is 0 Å². The van der Waals surface area contributed by atoms with Crippen LogP contribution < -0.4 is 10.2 Å². The molecule has 2 aliphatic rings. The Labute approximate surface area is 147 Å². The monoisotopic (exact) mass is 346 g/mol. The molecule has 2 N–H and O–H groups in total. The molecule has 0 spiro atoms. The summed E-state index contributed by atoms with van der Waals surface area (Å²) in [5.41, 5.74) is 0.475. The summed E-state index contributed by atoms with van der Waals surface area (Å²) in [4.78, 5) is 27.5. The Morgan fingerprint density at radius 1 is 1.28 bits per heavy atom. The predicted octanol–water partition coefficient (Wildman–Crippen LogP) is 0.848. The number of halogens is 1. The first kappa shape index (κ1) is 17.6. The average Bonchev–Trinajstić information content (AvgIpc) is 3.08.